The third kappa shape index (κ3) is 4.10. The molecule has 0 bridgehead atoms. The lowest BCUT2D eigenvalue weighted by molar-refractivity contribution is -0.131. The van der Waals surface area contributed by atoms with Crippen LogP contribution in [0.15, 0.2) is 41.8 Å². The highest BCUT2D eigenvalue weighted by atomic mass is 32.1. The molecule has 1 amide bonds. The molecule has 0 atom stereocenters. The summed E-state index contributed by atoms with van der Waals surface area (Å²) in [4.78, 5) is 15.4. The van der Waals surface area contributed by atoms with Crippen molar-refractivity contribution in [2.24, 2.45) is 0 Å². The zero-order chi connectivity index (χ0) is 14.4. The number of nitrogen functional groups attached to an aromatic ring is 1. The summed E-state index contributed by atoms with van der Waals surface area (Å²) in [6.45, 7) is 3.49. The van der Waals surface area contributed by atoms with Crippen LogP contribution >= 0.6 is 11.3 Å². The van der Waals surface area contributed by atoms with Crippen molar-refractivity contribution < 1.29 is 4.79 Å². The molecular formula is C16H20N2OS. The van der Waals surface area contributed by atoms with Gasteiger partial charge in [-0.3, -0.25) is 4.79 Å². The van der Waals surface area contributed by atoms with E-state index in [0.29, 0.717) is 13.0 Å². The lowest BCUT2D eigenvalue weighted by atomic mass is 10.1. The van der Waals surface area contributed by atoms with Gasteiger partial charge in [-0.15, -0.1) is 11.3 Å². The largest absolute Gasteiger partial charge is 0.399 e. The first-order valence-corrected chi connectivity index (χ1v) is 7.71. The standard InChI is InChI=1S/C16H20N2OS/c1-2-8-18(12-13-5-3-6-14(17)10-13)16(19)11-15-7-4-9-20-15/h3-7,9-10H,2,8,11-12,17H2,1H3. The molecule has 2 aromatic rings. The Balaban J connectivity index is 2.04. The first-order valence-electron chi connectivity index (χ1n) is 6.83. The van der Waals surface area contributed by atoms with Crippen LogP contribution in [0.25, 0.3) is 0 Å². The number of rotatable bonds is 6. The molecule has 0 fully saturated rings. The van der Waals surface area contributed by atoms with Gasteiger partial charge in [0.25, 0.3) is 0 Å². The monoisotopic (exact) mass is 288 g/mol. The number of benzene rings is 1. The van der Waals surface area contributed by atoms with E-state index in [1.165, 1.54) is 0 Å². The minimum atomic E-state index is 0.178. The number of carbonyl (C=O) groups is 1. The second kappa shape index (κ2) is 7.10. The number of hydrogen-bond donors (Lipinski definition) is 1. The van der Waals surface area contributed by atoms with E-state index < -0.39 is 0 Å². The zero-order valence-electron chi connectivity index (χ0n) is 11.7. The van der Waals surface area contributed by atoms with Gasteiger partial charge in [0.05, 0.1) is 6.42 Å². The van der Waals surface area contributed by atoms with Gasteiger partial charge in [0.2, 0.25) is 5.91 Å². The molecule has 3 nitrogen and oxygen atoms in total. The third-order valence-corrected chi connectivity index (χ3v) is 3.95. The van der Waals surface area contributed by atoms with Crippen LogP contribution in [0, 0.1) is 0 Å². The van der Waals surface area contributed by atoms with Crippen molar-refractivity contribution in [3.05, 3.63) is 52.2 Å². The van der Waals surface area contributed by atoms with E-state index >= 15 is 0 Å². The first-order chi connectivity index (χ1) is 9.69. The highest BCUT2D eigenvalue weighted by Crippen LogP contribution is 2.14. The van der Waals surface area contributed by atoms with Crippen molar-refractivity contribution in [2.45, 2.75) is 26.3 Å². The van der Waals surface area contributed by atoms with Crippen molar-refractivity contribution in [3.8, 4) is 0 Å². The first kappa shape index (κ1) is 14.6. The van der Waals surface area contributed by atoms with Gasteiger partial charge in [-0.2, -0.15) is 0 Å². The van der Waals surface area contributed by atoms with Gasteiger partial charge in [-0.25, -0.2) is 0 Å². The zero-order valence-corrected chi connectivity index (χ0v) is 12.5. The molecule has 0 unspecified atom stereocenters. The SMILES string of the molecule is CCCN(Cc1cccc(N)c1)C(=O)Cc1cccs1. The number of hydrogen-bond acceptors (Lipinski definition) is 3. The number of nitrogens with two attached hydrogens (primary N) is 1. The lowest BCUT2D eigenvalue weighted by Gasteiger charge is -2.22. The molecule has 0 spiro atoms. The lowest BCUT2D eigenvalue weighted by Crippen LogP contribution is -2.32. The predicted octanol–water partition coefficient (Wildman–Crippen LogP) is 3.31. The van der Waals surface area contributed by atoms with E-state index in [1.807, 2.05) is 46.7 Å². The average Bonchev–Trinajstić information content (AvgIpc) is 2.91. The summed E-state index contributed by atoms with van der Waals surface area (Å²) in [5.41, 5.74) is 7.61. The van der Waals surface area contributed by atoms with Gasteiger partial charge < -0.3 is 10.6 Å². The van der Waals surface area contributed by atoms with Gasteiger partial charge in [0.15, 0.2) is 0 Å². The molecule has 1 aromatic carbocycles. The molecule has 106 valence electrons. The van der Waals surface area contributed by atoms with Crippen molar-refractivity contribution in [3.63, 3.8) is 0 Å². The highest BCUT2D eigenvalue weighted by molar-refractivity contribution is 7.10. The van der Waals surface area contributed by atoms with Gasteiger partial charge in [0.1, 0.15) is 0 Å². The fourth-order valence-corrected chi connectivity index (χ4v) is 2.84. The number of nitrogens with zero attached hydrogens (tertiary/aromatic N) is 1. The quantitative estimate of drug-likeness (QED) is 0.829. The van der Waals surface area contributed by atoms with E-state index in [4.69, 9.17) is 5.73 Å². The molecule has 1 aromatic heterocycles. The fourth-order valence-electron chi connectivity index (χ4n) is 2.15. The predicted molar refractivity (Wildman–Crippen MR) is 84.6 cm³/mol. The molecule has 20 heavy (non-hydrogen) atoms. The molecule has 0 aliphatic rings. The van der Waals surface area contributed by atoms with E-state index in [9.17, 15) is 4.79 Å². The normalized spacial score (nSPS) is 10.4. The van der Waals surface area contributed by atoms with Crippen molar-refractivity contribution in [1.29, 1.82) is 0 Å². The Morgan fingerprint density at radius 1 is 1.30 bits per heavy atom. The maximum Gasteiger partial charge on any atom is 0.228 e. The van der Waals surface area contributed by atoms with Crippen LogP contribution in [0.3, 0.4) is 0 Å². The van der Waals surface area contributed by atoms with E-state index in [2.05, 4.69) is 6.92 Å². The van der Waals surface area contributed by atoms with Crippen molar-refractivity contribution in [1.82, 2.24) is 4.90 Å². The van der Waals surface area contributed by atoms with E-state index in [0.717, 1.165) is 29.1 Å². The van der Waals surface area contributed by atoms with Crippen LogP contribution in [0.5, 0.6) is 0 Å². The molecule has 2 rings (SSSR count). The fraction of sp³-hybridized carbons (Fsp3) is 0.312. The second-order valence-corrected chi connectivity index (χ2v) is 5.85. The summed E-state index contributed by atoms with van der Waals surface area (Å²) in [5.74, 6) is 0.178. The number of anilines is 1. The molecule has 1 heterocycles. The Morgan fingerprint density at radius 3 is 2.80 bits per heavy atom. The number of carbonyl (C=O) groups excluding carboxylic acids is 1. The van der Waals surface area contributed by atoms with E-state index in [1.54, 1.807) is 11.3 Å². The van der Waals surface area contributed by atoms with Gasteiger partial charge in [0, 0.05) is 23.7 Å². The number of thiophene rings is 1. The molecule has 0 aliphatic heterocycles. The molecule has 0 saturated heterocycles. The van der Waals surface area contributed by atoms with Gasteiger partial charge in [-0.1, -0.05) is 25.1 Å². The van der Waals surface area contributed by atoms with Crippen LogP contribution in [0.1, 0.15) is 23.8 Å². The van der Waals surface area contributed by atoms with Gasteiger partial charge >= 0.3 is 0 Å². The summed E-state index contributed by atoms with van der Waals surface area (Å²) in [6, 6.07) is 11.7. The minimum Gasteiger partial charge on any atom is -0.399 e. The summed E-state index contributed by atoms with van der Waals surface area (Å²) in [6.07, 6.45) is 1.44. The van der Waals surface area contributed by atoms with Gasteiger partial charge in [-0.05, 0) is 35.6 Å². The van der Waals surface area contributed by atoms with Crippen molar-refractivity contribution >= 4 is 22.9 Å². The van der Waals surface area contributed by atoms with Crippen LogP contribution in [0.2, 0.25) is 0 Å². The van der Waals surface area contributed by atoms with Crippen LogP contribution < -0.4 is 5.73 Å². The van der Waals surface area contributed by atoms with Crippen LogP contribution in [-0.2, 0) is 17.8 Å². The van der Waals surface area contributed by atoms with E-state index in [-0.39, 0.29) is 5.91 Å². The molecule has 0 radical (unpaired) electrons. The minimum absolute atomic E-state index is 0.178. The second-order valence-electron chi connectivity index (χ2n) is 4.82. The Bertz CT molecular complexity index is 551. The Hall–Kier alpha value is -1.81. The molecule has 0 aliphatic carbocycles. The molecule has 4 heteroatoms. The maximum absolute atomic E-state index is 12.4. The summed E-state index contributed by atoms with van der Waals surface area (Å²) in [5, 5.41) is 2.00. The number of amides is 1. The topological polar surface area (TPSA) is 46.3 Å². The highest BCUT2D eigenvalue weighted by Gasteiger charge is 2.14. The van der Waals surface area contributed by atoms with Crippen molar-refractivity contribution in [2.75, 3.05) is 12.3 Å². The summed E-state index contributed by atoms with van der Waals surface area (Å²) >= 11 is 1.63. The summed E-state index contributed by atoms with van der Waals surface area (Å²) in [7, 11) is 0. The van der Waals surface area contributed by atoms with Crippen LogP contribution in [0.4, 0.5) is 5.69 Å². The molecular weight excluding hydrogens is 268 g/mol. The Kier molecular flexibility index (Phi) is 5.18. The Labute approximate surface area is 124 Å². The molecule has 2 N–H and O–H groups in total. The maximum atomic E-state index is 12.4. The van der Waals surface area contributed by atoms with Crippen LogP contribution in [-0.4, -0.2) is 17.4 Å². The average molecular weight is 288 g/mol. The Morgan fingerprint density at radius 2 is 2.15 bits per heavy atom. The third-order valence-electron chi connectivity index (χ3n) is 3.08. The summed E-state index contributed by atoms with van der Waals surface area (Å²) < 4.78 is 0. The molecule has 0 saturated carbocycles. The smallest absolute Gasteiger partial charge is 0.228 e.